The third-order valence-electron chi connectivity index (χ3n) is 5.54. The van der Waals surface area contributed by atoms with Crippen molar-refractivity contribution in [2.75, 3.05) is 12.3 Å². The number of aromatic nitrogens is 4. The van der Waals surface area contributed by atoms with E-state index in [2.05, 4.69) is 19.5 Å². The molecule has 6 N–H and O–H groups in total. The predicted octanol–water partition coefficient (Wildman–Crippen LogP) is -0.809. The molecule has 136 valence electrons. The van der Waals surface area contributed by atoms with Crippen LogP contribution < -0.4 is 5.73 Å². The number of aliphatic hydroxyl groups is 2. The van der Waals surface area contributed by atoms with E-state index < -0.39 is 31.5 Å². The zero-order chi connectivity index (χ0) is 18.0. The third kappa shape index (κ3) is 2.39. The first-order valence-electron chi connectivity index (χ1n) is 7.74. The summed E-state index contributed by atoms with van der Waals surface area (Å²) < 4.78 is 17.4. The Hall–Kier alpha value is -1.62. The summed E-state index contributed by atoms with van der Waals surface area (Å²) in [6.07, 6.45) is 1.60. The maximum absolute atomic E-state index is 11.1. The van der Waals surface area contributed by atoms with Crippen molar-refractivity contribution in [3.8, 4) is 0 Å². The van der Waals surface area contributed by atoms with Gasteiger partial charge in [-0.15, -0.1) is 0 Å². The van der Waals surface area contributed by atoms with Crippen LogP contribution in [0.25, 0.3) is 11.2 Å². The number of phosphoric acid groups is 1. The average Bonchev–Trinajstić information content (AvgIpc) is 2.99. The highest BCUT2D eigenvalue weighted by Crippen LogP contribution is 2.63. The molecule has 2 heterocycles. The molecule has 0 radical (unpaired) electrons. The summed E-state index contributed by atoms with van der Waals surface area (Å²) in [5.74, 6) is -0.0286. The smallest absolute Gasteiger partial charge is 0.390 e. The highest BCUT2D eigenvalue weighted by molar-refractivity contribution is 7.46. The van der Waals surface area contributed by atoms with Gasteiger partial charge in [-0.25, -0.2) is 19.5 Å². The molecule has 2 fully saturated rings. The summed E-state index contributed by atoms with van der Waals surface area (Å²) in [7, 11) is -4.67. The zero-order valence-corrected chi connectivity index (χ0v) is 13.9. The molecular weight excluding hydrogens is 353 g/mol. The van der Waals surface area contributed by atoms with E-state index in [1.165, 1.54) is 12.7 Å². The first-order chi connectivity index (χ1) is 11.7. The van der Waals surface area contributed by atoms with Gasteiger partial charge in [0.1, 0.15) is 17.9 Å². The van der Waals surface area contributed by atoms with Crippen LogP contribution in [-0.2, 0) is 9.09 Å². The Morgan fingerprint density at radius 1 is 1.36 bits per heavy atom. The van der Waals surface area contributed by atoms with Crippen molar-refractivity contribution < 1.29 is 29.1 Å². The van der Waals surface area contributed by atoms with Crippen molar-refractivity contribution in [3.63, 3.8) is 0 Å². The number of hydrogen-bond donors (Lipinski definition) is 5. The van der Waals surface area contributed by atoms with Gasteiger partial charge in [0.05, 0.1) is 25.1 Å². The molecule has 4 rings (SSSR count). The lowest BCUT2D eigenvalue weighted by molar-refractivity contribution is -0.0969. The van der Waals surface area contributed by atoms with E-state index in [0.29, 0.717) is 24.0 Å². The lowest BCUT2D eigenvalue weighted by Crippen LogP contribution is -2.49. The lowest BCUT2D eigenvalue weighted by atomic mass is 9.60. The SMILES string of the molecule is Nc1ncnc2c1ncn2[C@H]1[C@H](O)[C@H](O)[C@]2(COP(=O)(O)O)CC[C@H]12. The fourth-order valence-corrected chi connectivity index (χ4v) is 4.65. The Labute approximate surface area is 141 Å². The Bertz CT molecular complexity index is 870. The second kappa shape index (κ2) is 5.44. The van der Waals surface area contributed by atoms with E-state index in [1.54, 1.807) is 4.57 Å². The molecule has 0 saturated heterocycles. The van der Waals surface area contributed by atoms with Crippen LogP contribution in [-0.4, -0.2) is 58.3 Å². The van der Waals surface area contributed by atoms with Crippen LogP contribution >= 0.6 is 7.82 Å². The molecule has 2 aromatic rings. The lowest BCUT2D eigenvalue weighted by Gasteiger charge is -2.47. The fraction of sp³-hybridized carbons (Fsp3) is 0.615. The summed E-state index contributed by atoms with van der Waals surface area (Å²) in [5.41, 5.74) is 5.69. The number of fused-ring (bicyclic) bond motifs is 2. The topological polar surface area (TPSA) is 177 Å². The molecule has 0 aromatic carbocycles. The van der Waals surface area contributed by atoms with Crippen LogP contribution in [0.2, 0.25) is 0 Å². The maximum atomic E-state index is 11.1. The van der Waals surface area contributed by atoms with Gasteiger partial charge in [0.25, 0.3) is 0 Å². The van der Waals surface area contributed by atoms with Crippen molar-refractivity contribution in [1.82, 2.24) is 19.5 Å². The van der Waals surface area contributed by atoms with Crippen molar-refractivity contribution in [3.05, 3.63) is 12.7 Å². The predicted molar refractivity (Wildman–Crippen MR) is 83.9 cm³/mol. The monoisotopic (exact) mass is 371 g/mol. The minimum Gasteiger partial charge on any atom is -0.390 e. The first kappa shape index (κ1) is 16.8. The average molecular weight is 371 g/mol. The number of aliphatic hydroxyl groups excluding tert-OH is 2. The summed E-state index contributed by atoms with van der Waals surface area (Å²) in [5, 5.41) is 21.2. The Morgan fingerprint density at radius 3 is 2.76 bits per heavy atom. The third-order valence-corrected chi connectivity index (χ3v) is 6.01. The van der Waals surface area contributed by atoms with Gasteiger partial charge in [0.2, 0.25) is 0 Å². The highest BCUT2D eigenvalue weighted by atomic mass is 31.2. The van der Waals surface area contributed by atoms with Gasteiger partial charge >= 0.3 is 7.82 Å². The summed E-state index contributed by atoms with van der Waals surface area (Å²) in [6, 6.07) is -0.552. The molecule has 11 nitrogen and oxygen atoms in total. The second-order valence-corrected chi connectivity index (χ2v) is 7.89. The van der Waals surface area contributed by atoms with Crippen LogP contribution in [0.3, 0.4) is 0 Å². The van der Waals surface area contributed by atoms with Crippen LogP contribution in [0.4, 0.5) is 5.82 Å². The van der Waals surface area contributed by atoms with Crippen molar-refractivity contribution in [1.29, 1.82) is 0 Å². The molecule has 0 spiro atoms. The Balaban J connectivity index is 1.71. The van der Waals surface area contributed by atoms with E-state index >= 15 is 0 Å². The van der Waals surface area contributed by atoms with Crippen LogP contribution in [0.5, 0.6) is 0 Å². The first-order valence-corrected chi connectivity index (χ1v) is 9.27. The molecule has 2 saturated carbocycles. The summed E-state index contributed by atoms with van der Waals surface area (Å²) in [6.45, 7) is -0.333. The minimum absolute atomic E-state index is 0.210. The van der Waals surface area contributed by atoms with Gasteiger partial charge in [-0.3, -0.25) is 4.52 Å². The van der Waals surface area contributed by atoms with Crippen molar-refractivity contribution in [2.24, 2.45) is 11.3 Å². The summed E-state index contributed by atoms with van der Waals surface area (Å²) >= 11 is 0. The number of hydrogen-bond acceptors (Lipinski definition) is 8. The van der Waals surface area contributed by atoms with E-state index in [4.69, 9.17) is 15.5 Å². The molecule has 2 aromatic heterocycles. The summed E-state index contributed by atoms with van der Waals surface area (Å²) in [4.78, 5) is 30.2. The molecule has 2 aliphatic rings. The van der Waals surface area contributed by atoms with Gasteiger partial charge < -0.3 is 30.3 Å². The van der Waals surface area contributed by atoms with E-state index in [0.717, 1.165) is 0 Å². The largest absolute Gasteiger partial charge is 0.469 e. The molecular formula is C13H18N5O6P. The van der Waals surface area contributed by atoms with Gasteiger partial charge in [0, 0.05) is 5.41 Å². The van der Waals surface area contributed by atoms with Crippen molar-refractivity contribution in [2.45, 2.75) is 31.1 Å². The second-order valence-electron chi connectivity index (χ2n) is 6.65. The van der Waals surface area contributed by atoms with Gasteiger partial charge in [-0.1, -0.05) is 0 Å². The van der Waals surface area contributed by atoms with Crippen LogP contribution in [0, 0.1) is 11.3 Å². The maximum Gasteiger partial charge on any atom is 0.469 e. The minimum atomic E-state index is -4.67. The number of nitrogen functional groups attached to an aromatic ring is 1. The van der Waals surface area contributed by atoms with Crippen LogP contribution in [0.1, 0.15) is 18.9 Å². The molecule has 2 aliphatic carbocycles. The standard InChI is InChI=1S/C13H18N5O6P/c14-11-7-12(16-4-15-11)18(5-17-7)8-6-1-2-13(6,10(20)9(8)19)3-24-25(21,22)23/h4-6,8-10,19-20H,1-3H2,(H2,14,15,16)(H2,21,22,23)/t6-,8-,9+,10+,13+/m1/s1. The van der Waals surface area contributed by atoms with Gasteiger partial charge in [-0.2, -0.15) is 0 Å². The molecule has 25 heavy (non-hydrogen) atoms. The number of nitrogens with two attached hydrogens (primary N) is 1. The van der Waals surface area contributed by atoms with Gasteiger partial charge in [-0.05, 0) is 18.8 Å². The number of anilines is 1. The zero-order valence-electron chi connectivity index (χ0n) is 13.0. The molecule has 5 atom stereocenters. The Kier molecular flexibility index (Phi) is 3.66. The van der Waals surface area contributed by atoms with Crippen molar-refractivity contribution >= 4 is 24.8 Å². The Morgan fingerprint density at radius 2 is 2.12 bits per heavy atom. The number of imidazole rings is 1. The number of phosphoric ester groups is 1. The molecule has 0 aliphatic heterocycles. The quantitative estimate of drug-likeness (QED) is 0.427. The molecule has 12 heteroatoms. The van der Waals surface area contributed by atoms with Crippen LogP contribution in [0.15, 0.2) is 12.7 Å². The number of rotatable bonds is 4. The highest BCUT2D eigenvalue weighted by Gasteiger charge is 2.65. The molecule has 0 amide bonds. The fourth-order valence-electron chi connectivity index (χ4n) is 4.24. The van der Waals surface area contributed by atoms with E-state index in [-0.39, 0.29) is 18.3 Å². The van der Waals surface area contributed by atoms with Gasteiger partial charge in [0.15, 0.2) is 11.5 Å². The van der Waals surface area contributed by atoms with E-state index in [9.17, 15) is 14.8 Å². The molecule has 0 bridgehead atoms. The number of nitrogens with zero attached hydrogens (tertiary/aromatic N) is 4. The molecule has 0 unspecified atom stereocenters. The normalized spacial score (nSPS) is 34.9. The van der Waals surface area contributed by atoms with E-state index in [1.807, 2.05) is 0 Å².